The van der Waals surface area contributed by atoms with Crippen LogP contribution >= 0.6 is 0 Å². The highest BCUT2D eigenvalue weighted by Crippen LogP contribution is 2.08. The topological polar surface area (TPSA) is 39.2 Å². The fraction of sp³-hybridized carbons (Fsp3) is 1.00. The summed E-state index contributed by atoms with van der Waals surface area (Å²) in [6, 6.07) is 0. The predicted molar refractivity (Wildman–Crippen MR) is 85.6 cm³/mol. The summed E-state index contributed by atoms with van der Waals surface area (Å²) in [5.41, 5.74) is 0. The molecule has 0 bridgehead atoms. The fourth-order valence-electron chi connectivity index (χ4n) is 3.14. The van der Waals surface area contributed by atoms with Crippen LogP contribution in [-0.2, 0) is 4.74 Å². The molecule has 0 saturated carbocycles. The van der Waals surface area contributed by atoms with Gasteiger partial charge >= 0.3 is 0 Å². The molecule has 1 unspecified atom stereocenters. The van der Waals surface area contributed by atoms with Gasteiger partial charge in [-0.1, -0.05) is 0 Å². The number of aliphatic hydroxyl groups is 1. The number of hydrogen-bond acceptors (Lipinski definition) is 5. The second-order valence-corrected chi connectivity index (χ2v) is 6.73. The van der Waals surface area contributed by atoms with Crippen molar-refractivity contribution >= 4 is 0 Å². The Morgan fingerprint density at radius 2 is 1.38 bits per heavy atom. The lowest BCUT2D eigenvalue weighted by atomic mass is 10.2. The van der Waals surface area contributed by atoms with Crippen LogP contribution < -0.4 is 0 Å². The third-order valence-corrected chi connectivity index (χ3v) is 4.49. The summed E-state index contributed by atoms with van der Waals surface area (Å²) >= 11 is 0. The second-order valence-electron chi connectivity index (χ2n) is 6.73. The molecule has 5 heteroatoms. The van der Waals surface area contributed by atoms with E-state index in [4.69, 9.17) is 4.74 Å². The Kier molecular flexibility index (Phi) is 7.40. The lowest BCUT2D eigenvalue weighted by Gasteiger charge is -2.36. The predicted octanol–water partition coefficient (Wildman–Crippen LogP) is 0.486. The van der Waals surface area contributed by atoms with Gasteiger partial charge in [-0.25, -0.2) is 0 Å². The molecule has 1 atom stereocenters. The number of rotatable bonds is 8. The second kappa shape index (κ2) is 9.06. The van der Waals surface area contributed by atoms with Crippen LogP contribution in [0.5, 0.6) is 0 Å². The molecule has 5 nitrogen and oxygen atoms in total. The minimum absolute atomic E-state index is 0.196. The lowest BCUT2D eigenvalue weighted by Crippen LogP contribution is -2.50. The van der Waals surface area contributed by atoms with Gasteiger partial charge in [0.15, 0.2) is 0 Å². The van der Waals surface area contributed by atoms with Crippen LogP contribution in [0.15, 0.2) is 0 Å². The van der Waals surface area contributed by atoms with Gasteiger partial charge in [0.1, 0.15) is 0 Å². The summed E-state index contributed by atoms with van der Waals surface area (Å²) in [5, 5.41) is 9.98. The summed E-state index contributed by atoms with van der Waals surface area (Å²) in [6.45, 7) is 14.6. The van der Waals surface area contributed by atoms with E-state index in [2.05, 4.69) is 14.7 Å². The first-order chi connectivity index (χ1) is 10.1. The van der Waals surface area contributed by atoms with Crippen LogP contribution in [0.1, 0.15) is 26.7 Å². The minimum atomic E-state index is -0.358. The van der Waals surface area contributed by atoms with E-state index >= 15 is 0 Å². The van der Waals surface area contributed by atoms with Crippen molar-refractivity contribution in [1.29, 1.82) is 0 Å². The third-order valence-electron chi connectivity index (χ3n) is 4.49. The van der Waals surface area contributed by atoms with E-state index in [1.165, 1.54) is 39.0 Å². The zero-order chi connectivity index (χ0) is 15.1. The van der Waals surface area contributed by atoms with Crippen molar-refractivity contribution in [3.05, 3.63) is 0 Å². The van der Waals surface area contributed by atoms with E-state index in [1.54, 1.807) is 0 Å². The monoisotopic (exact) mass is 299 g/mol. The molecule has 0 aliphatic carbocycles. The molecule has 124 valence electrons. The molecule has 2 rings (SSSR count). The molecule has 2 aliphatic rings. The highest BCUT2D eigenvalue weighted by molar-refractivity contribution is 4.76. The van der Waals surface area contributed by atoms with Crippen LogP contribution in [0.4, 0.5) is 0 Å². The maximum Gasteiger partial charge on any atom is 0.0900 e. The van der Waals surface area contributed by atoms with E-state index in [9.17, 15) is 5.11 Å². The van der Waals surface area contributed by atoms with E-state index in [0.29, 0.717) is 6.61 Å². The summed E-state index contributed by atoms with van der Waals surface area (Å²) < 4.78 is 5.47. The fourth-order valence-corrected chi connectivity index (χ4v) is 3.14. The van der Waals surface area contributed by atoms with Gasteiger partial charge in [0, 0.05) is 45.8 Å². The van der Waals surface area contributed by atoms with Crippen molar-refractivity contribution in [2.75, 3.05) is 65.5 Å². The Morgan fingerprint density at radius 1 is 0.857 bits per heavy atom. The van der Waals surface area contributed by atoms with E-state index in [1.807, 2.05) is 13.8 Å². The number of hydrogen-bond donors (Lipinski definition) is 1. The summed E-state index contributed by atoms with van der Waals surface area (Å²) in [4.78, 5) is 7.51. The Bertz CT molecular complexity index is 275. The van der Waals surface area contributed by atoms with Crippen LogP contribution in [0.2, 0.25) is 0 Å². The van der Waals surface area contributed by atoms with Gasteiger partial charge in [-0.15, -0.1) is 0 Å². The molecule has 0 spiro atoms. The molecular weight excluding hydrogens is 266 g/mol. The average molecular weight is 299 g/mol. The summed E-state index contributed by atoms with van der Waals surface area (Å²) in [6.07, 6.45) is 2.60. The molecule has 0 aromatic heterocycles. The number of likely N-dealkylation sites (tertiary alicyclic amines) is 1. The van der Waals surface area contributed by atoms with Gasteiger partial charge in [-0.3, -0.25) is 9.80 Å². The van der Waals surface area contributed by atoms with Crippen molar-refractivity contribution in [3.8, 4) is 0 Å². The molecule has 0 amide bonds. The normalized spacial score (nSPS) is 24.0. The van der Waals surface area contributed by atoms with Gasteiger partial charge in [0.05, 0.1) is 18.8 Å². The van der Waals surface area contributed by atoms with Crippen molar-refractivity contribution in [3.63, 3.8) is 0 Å². The first-order valence-corrected chi connectivity index (χ1v) is 8.60. The first-order valence-electron chi connectivity index (χ1n) is 8.60. The maximum absolute atomic E-state index is 9.98. The minimum Gasteiger partial charge on any atom is -0.389 e. The molecule has 2 heterocycles. The molecule has 21 heavy (non-hydrogen) atoms. The van der Waals surface area contributed by atoms with Gasteiger partial charge in [0.2, 0.25) is 0 Å². The lowest BCUT2D eigenvalue weighted by molar-refractivity contribution is -0.0147. The molecule has 2 fully saturated rings. The molecule has 1 N–H and O–H groups in total. The smallest absolute Gasteiger partial charge is 0.0900 e. The Balaban J connectivity index is 1.55. The van der Waals surface area contributed by atoms with Crippen LogP contribution in [0.3, 0.4) is 0 Å². The Hall–Kier alpha value is -0.200. The highest BCUT2D eigenvalue weighted by Gasteiger charge is 2.20. The van der Waals surface area contributed by atoms with Crippen molar-refractivity contribution in [2.45, 2.75) is 38.9 Å². The molecule has 2 aliphatic heterocycles. The van der Waals surface area contributed by atoms with Gasteiger partial charge in [-0.2, -0.15) is 0 Å². The quantitative estimate of drug-likeness (QED) is 0.706. The Labute approximate surface area is 129 Å². The number of piperazine rings is 1. The molecule has 0 aromatic carbocycles. The van der Waals surface area contributed by atoms with Crippen LogP contribution in [0.25, 0.3) is 0 Å². The van der Waals surface area contributed by atoms with Crippen molar-refractivity contribution in [2.24, 2.45) is 0 Å². The van der Waals surface area contributed by atoms with E-state index < -0.39 is 0 Å². The largest absolute Gasteiger partial charge is 0.389 e. The summed E-state index contributed by atoms with van der Waals surface area (Å²) in [7, 11) is 0. The molecule has 0 radical (unpaired) electrons. The van der Waals surface area contributed by atoms with Gasteiger partial charge < -0.3 is 14.7 Å². The highest BCUT2D eigenvalue weighted by atomic mass is 16.5. The van der Waals surface area contributed by atoms with Crippen LogP contribution in [0, 0.1) is 0 Å². The molecular formula is C16H33N3O2. The van der Waals surface area contributed by atoms with Crippen LogP contribution in [-0.4, -0.2) is 97.5 Å². The number of ether oxygens (including phenoxy) is 1. The van der Waals surface area contributed by atoms with Gasteiger partial charge in [-0.05, 0) is 39.8 Å². The summed E-state index contributed by atoms with van der Waals surface area (Å²) in [5.74, 6) is 0. The SMILES string of the molecule is CC(C)OCC(O)CN1CCN(CCN2CCCC2)CC1. The van der Waals surface area contributed by atoms with E-state index in [0.717, 1.165) is 32.7 Å². The number of β-amino-alcohol motifs (C(OH)–C–C–N with tert-alkyl or cyclic N) is 1. The zero-order valence-electron chi connectivity index (χ0n) is 13.8. The van der Waals surface area contributed by atoms with Crippen molar-refractivity contribution < 1.29 is 9.84 Å². The molecule has 2 saturated heterocycles. The average Bonchev–Trinajstić information content (AvgIpc) is 2.98. The zero-order valence-corrected chi connectivity index (χ0v) is 13.8. The van der Waals surface area contributed by atoms with Gasteiger partial charge in [0.25, 0.3) is 0 Å². The molecule has 0 aromatic rings. The number of nitrogens with zero attached hydrogens (tertiary/aromatic N) is 3. The maximum atomic E-state index is 9.98. The standard InChI is InChI=1S/C16H33N3O2/c1-15(2)21-14-16(20)13-19-11-9-18(10-12-19)8-7-17-5-3-4-6-17/h15-16,20H,3-14H2,1-2H3. The Morgan fingerprint density at radius 3 is 1.95 bits per heavy atom. The van der Waals surface area contributed by atoms with E-state index in [-0.39, 0.29) is 12.2 Å². The number of aliphatic hydroxyl groups excluding tert-OH is 1. The van der Waals surface area contributed by atoms with Crippen molar-refractivity contribution in [1.82, 2.24) is 14.7 Å². The third kappa shape index (κ3) is 6.61. The first kappa shape index (κ1) is 17.2.